The maximum atomic E-state index is 11.4. The van der Waals surface area contributed by atoms with Crippen LogP contribution in [0.15, 0.2) is 0 Å². The summed E-state index contributed by atoms with van der Waals surface area (Å²) in [7, 11) is 0. The van der Waals surface area contributed by atoms with E-state index in [-0.39, 0.29) is 11.1 Å². The Hall–Kier alpha value is -1.31. The molecule has 2 N–H and O–H groups in total. The number of nitro groups is 1. The van der Waals surface area contributed by atoms with Crippen LogP contribution in [0.3, 0.4) is 0 Å². The van der Waals surface area contributed by atoms with Gasteiger partial charge in [0, 0.05) is 11.8 Å². The summed E-state index contributed by atoms with van der Waals surface area (Å²) in [6.45, 7) is 2.01. The number of likely N-dealkylation sites (tertiary alicyclic amines) is 1. The van der Waals surface area contributed by atoms with Gasteiger partial charge in [0.2, 0.25) is 0 Å². The van der Waals surface area contributed by atoms with Crippen molar-refractivity contribution in [2.45, 2.75) is 24.6 Å². The number of rotatable bonds is 2. The molecule has 0 saturated carbocycles. The van der Waals surface area contributed by atoms with Gasteiger partial charge < -0.3 is 4.90 Å². The summed E-state index contributed by atoms with van der Waals surface area (Å²) in [5, 5.41) is 16.6. The number of nitrogens with zero attached hydrogens (tertiary/aromatic N) is 2. The lowest BCUT2D eigenvalue weighted by Crippen LogP contribution is -2.46. The van der Waals surface area contributed by atoms with Crippen LogP contribution in [0.1, 0.15) is 13.3 Å². The molecular formula is C7H12N4O3S. The Bertz CT molecular complexity index is 309. The topological polar surface area (TPSA) is 99.3 Å². The largest absolute Gasteiger partial charge is 0.347 e. The molecule has 2 unspecified atom stereocenters. The van der Waals surface area contributed by atoms with Gasteiger partial charge in [-0.3, -0.25) is 10.2 Å². The molecule has 15 heavy (non-hydrogen) atoms. The molecule has 8 heteroatoms. The van der Waals surface area contributed by atoms with Crippen LogP contribution in [-0.2, 0) is 4.79 Å². The van der Waals surface area contributed by atoms with Crippen molar-refractivity contribution in [3.63, 3.8) is 0 Å². The molecule has 1 heterocycles. The Morgan fingerprint density at radius 1 is 1.73 bits per heavy atom. The number of hydrogen-bond donors (Lipinski definition) is 3. The van der Waals surface area contributed by atoms with E-state index in [1.807, 2.05) is 0 Å². The summed E-state index contributed by atoms with van der Waals surface area (Å²) < 4.78 is 0. The quantitative estimate of drug-likeness (QED) is 0.199. The number of carbonyl (C=O) groups is 1. The van der Waals surface area contributed by atoms with E-state index in [2.05, 4.69) is 12.6 Å². The van der Waals surface area contributed by atoms with Crippen LogP contribution in [0.2, 0.25) is 0 Å². The van der Waals surface area contributed by atoms with Gasteiger partial charge in [0.05, 0.1) is 5.84 Å². The monoisotopic (exact) mass is 232 g/mol. The summed E-state index contributed by atoms with van der Waals surface area (Å²) in [4.78, 5) is 23.0. The van der Waals surface area contributed by atoms with E-state index in [1.165, 1.54) is 11.8 Å². The summed E-state index contributed by atoms with van der Waals surface area (Å²) in [5.74, 6) is -0.474. The minimum atomic E-state index is -0.883. The minimum Gasteiger partial charge on any atom is -0.347 e. The molecule has 0 aromatic carbocycles. The highest BCUT2D eigenvalue weighted by Gasteiger charge is 2.37. The fourth-order valence-electron chi connectivity index (χ4n) is 1.60. The number of carbonyl (C=O) groups excluding carboxylic acids is 1. The lowest BCUT2D eigenvalue weighted by Gasteiger charge is -2.22. The van der Waals surface area contributed by atoms with Gasteiger partial charge in [0.1, 0.15) is 6.04 Å². The molecule has 1 aliphatic rings. The van der Waals surface area contributed by atoms with Gasteiger partial charge in [-0.15, -0.1) is 0 Å². The summed E-state index contributed by atoms with van der Waals surface area (Å²) in [5.41, 5.74) is 1.60. The van der Waals surface area contributed by atoms with E-state index >= 15 is 0 Å². The molecule has 0 radical (unpaired) electrons. The molecule has 0 bridgehead atoms. The fraction of sp³-hybridized carbons (Fsp3) is 0.714. The summed E-state index contributed by atoms with van der Waals surface area (Å²) >= 11 is 4.20. The van der Waals surface area contributed by atoms with Crippen molar-refractivity contribution in [1.82, 2.24) is 10.3 Å². The molecule has 7 nitrogen and oxygen atoms in total. The van der Waals surface area contributed by atoms with Crippen molar-refractivity contribution < 1.29 is 9.83 Å². The first-order chi connectivity index (χ1) is 6.91. The van der Waals surface area contributed by atoms with Crippen molar-refractivity contribution in [3.05, 3.63) is 10.1 Å². The van der Waals surface area contributed by atoms with E-state index in [0.29, 0.717) is 13.0 Å². The second kappa shape index (κ2) is 4.47. The first-order valence-corrected chi connectivity index (χ1v) is 4.88. The zero-order valence-electron chi connectivity index (χ0n) is 8.14. The molecule has 1 fully saturated rings. The van der Waals surface area contributed by atoms with Gasteiger partial charge in [-0.05, 0) is 13.3 Å². The zero-order chi connectivity index (χ0) is 11.6. The fourth-order valence-corrected chi connectivity index (χ4v) is 1.97. The Balaban J connectivity index is 2.70. The number of thiol groups is 1. The SMILES string of the molecule is CC(=N)N1CC(S)CC1C(=O)N[N+](=O)[O-]. The maximum Gasteiger partial charge on any atom is 0.302 e. The van der Waals surface area contributed by atoms with Crippen molar-refractivity contribution in [3.8, 4) is 0 Å². The van der Waals surface area contributed by atoms with Gasteiger partial charge in [0.25, 0.3) is 0 Å². The maximum absolute atomic E-state index is 11.4. The predicted molar refractivity (Wildman–Crippen MR) is 56.4 cm³/mol. The van der Waals surface area contributed by atoms with Gasteiger partial charge in [-0.2, -0.15) is 12.6 Å². The first kappa shape index (κ1) is 11.8. The Kier molecular flexibility index (Phi) is 3.51. The molecule has 1 saturated heterocycles. The average molecular weight is 232 g/mol. The molecule has 0 spiro atoms. The molecular weight excluding hydrogens is 220 g/mol. The van der Waals surface area contributed by atoms with E-state index in [0.717, 1.165) is 0 Å². The van der Waals surface area contributed by atoms with Crippen LogP contribution in [-0.4, -0.2) is 39.5 Å². The molecule has 0 aromatic rings. The third-order valence-corrected chi connectivity index (χ3v) is 2.59. The number of amidine groups is 1. The number of hydrogen-bond acceptors (Lipinski definition) is 5. The van der Waals surface area contributed by atoms with Crippen LogP contribution in [0.4, 0.5) is 0 Å². The van der Waals surface area contributed by atoms with Crippen LogP contribution in [0.25, 0.3) is 0 Å². The summed E-state index contributed by atoms with van der Waals surface area (Å²) in [6.07, 6.45) is 0.416. The standard InChI is InChI=1S/C7H12N4O3S/c1-4(8)10-3-5(15)2-6(10)7(12)9-11(13)14/h5-6,8,15H,2-3H2,1H3,(H,9,12). The highest BCUT2D eigenvalue weighted by Crippen LogP contribution is 2.21. The third-order valence-electron chi connectivity index (χ3n) is 2.21. The number of amides is 1. The predicted octanol–water partition coefficient (Wildman–Crippen LogP) is -0.336. The zero-order valence-corrected chi connectivity index (χ0v) is 9.03. The lowest BCUT2D eigenvalue weighted by molar-refractivity contribution is -0.530. The Morgan fingerprint density at radius 3 is 2.80 bits per heavy atom. The van der Waals surface area contributed by atoms with Gasteiger partial charge in [0.15, 0.2) is 5.03 Å². The first-order valence-electron chi connectivity index (χ1n) is 4.36. The average Bonchev–Trinajstić information content (AvgIpc) is 2.46. The van der Waals surface area contributed by atoms with Crippen molar-refractivity contribution in [2.24, 2.45) is 0 Å². The Labute approximate surface area is 91.9 Å². The lowest BCUT2D eigenvalue weighted by atomic mass is 10.2. The second-order valence-electron chi connectivity index (χ2n) is 3.38. The molecule has 1 aliphatic heterocycles. The van der Waals surface area contributed by atoms with Crippen molar-refractivity contribution >= 4 is 24.4 Å². The smallest absolute Gasteiger partial charge is 0.302 e. The van der Waals surface area contributed by atoms with Crippen LogP contribution in [0.5, 0.6) is 0 Å². The van der Waals surface area contributed by atoms with E-state index < -0.39 is 17.0 Å². The van der Waals surface area contributed by atoms with E-state index in [9.17, 15) is 14.9 Å². The molecule has 0 aliphatic carbocycles. The van der Waals surface area contributed by atoms with Crippen LogP contribution >= 0.6 is 12.6 Å². The highest BCUT2D eigenvalue weighted by atomic mass is 32.1. The van der Waals surface area contributed by atoms with Gasteiger partial charge in [-0.25, -0.2) is 10.1 Å². The number of hydrazine groups is 1. The minimum absolute atomic E-state index is 0.0344. The highest BCUT2D eigenvalue weighted by molar-refractivity contribution is 7.81. The molecule has 2 atom stereocenters. The van der Waals surface area contributed by atoms with Gasteiger partial charge in [-0.1, -0.05) is 5.43 Å². The van der Waals surface area contributed by atoms with Crippen LogP contribution < -0.4 is 5.43 Å². The summed E-state index contributed by atoms with van der Waals surface area (Å²) in [6, 6.07) is -0.657. The van der Waals surface area contributed by atoms with Crippen molar-refractivity contribution in [2.75, 3.05) is 6.54 Å². The second-order valence-corrected chi connectivity index (χ2v) is 4.11. The third kappa shape index (κ3) is 2.82. The van der Waals surface area contributed by atoms with Gasteiger partial charge >= 0.3 is 5.91 Å². The van der Waals surface area contributed by atoms with E-state index in [1.54, 1.807) is 5.43 Å². The number of nitrogens with one attached hydrogen (secondary N) is 2. The van der Waals surface area contributed by atoms with E-state index in [4.69, 9.17) is 5.41 Å². The van der Waals surface area contributed by atoms with Crippen molar-refractivity contribution in [1.29, 1.82) is 5.41 Å². The molecule has 0 aromatic heterocycles. The molecule has 1 amide bonds. The molecule has 84 valence electrons. The molecule has 1 rings (SSSR count). The normalized spacial score (nSPS) is 25.1. The van der Waals surface area contributed by atoms with Crippen LogP contribution in [0, 0.1) is 15.5 Å². The Morgan fingerprint density at radius 2 is 2.33 bits per heavy atom.